The Hall–Kier alpha value is -2.87. The van der Waals surface area contributed by atoms with Gasteiger partial charge < -0.3 is 14.6 Å². The predicted molar refractivity (Wildman–Crippen MR) is 115 cm³/mol. The summed E-state index contributed by atoms with van der Waals surface area (Å²) in [4.78, 5) is 17.6. The van der Waals surface area contributed by atoms with Gasteiger partial charge in [0, 0.05) is 36.1 Å². The number of nitrogens with zero attached hydrogens (tertiary/aromatic N) is 2. The number of carbonyl (C=O) groups excluding carboxylic acids is 1. The number of rotatable bonds is 6. The van der Waals surface area contributed by atoms with E-state index >= 15 is 0 Å². The van der Waals surface area contributed by atoms with Gasteiger partial charge >= 0.3 is 0 Å². The van der Waals surface area contributed by atoms with Crippen LogP contribution in [0.25, 0.3) is 0 Å². The zero-order valence-electron chi connectivity index (χ0n) is 16.8. The third kappa shape index (κ3) is 4.18. The van der Waals surface area contributed by atoms with Crippen LogP contribution in [0.2, 0.25) is 5.02 Å². The number of imidazole rings is 1. The van der Waals surface area contributed by atoms with Crippen LogP contribution in [0.5, 0.6) is 5.75 Å². The number of aromatic nitrogens is 2. The van der Waals surface area contributed by atoms with Crippen LogP contribution in [0.3, 0.4) is 0 Å². The fourth-order valence-corrected chi connectivity index (χ4v) is 3.85. The van der Waals surface area contributed by atoms with E-state index in [1.54, 1.807) is 13.3 Å². The van der Waals surface area contributed by atoms with Crippen LogP contribution in [0, 0.1) is 0 Å². The zero-order valence-corrected chi connectivity index (χ0v) is 17.6. The quantitative estimate of drug-likeness (QED) is 0.566. The summed E-state index contributed by atoms with van der Waals surface area (Å²) in [6.07, 6.45) is 4.19. The van der Waals surface area contributed by atoms with Crippen molar-refractivity contribution in [2.45, 2.75) is 24.5 Å². The minimum Gasteiger partial charge on any atom is -0.496 e. The van der Waals surface area contributed by atoms with E-state index in [0.29, 0.717) is 17.2 Å². The minimum absolute atomic E-state index is 0.0240. The Bertz CT molecular complexity index is 1020. The van der Waals surface area contributed by atoms with E-state index in [-0.39, 0.29) is 18.0 Å². The zero-order chi connectivity index (χ0) is 21.1. The minimum atomic E-state index is -0.440. The lowest BCUT2D eigenvalue weighted by Gasteiger charge is -2.22. The van der Waals surface area contributed by atoms with E-state index in [1.807, 2.05) is 66.3 Å². The van der Waals surface area contributed by atoms with Crippen molar-refractivity contribution in [3.63, 3.8) is 0 Å². The topological polar surface area (TPSA) is 80.2 Å². The lowest BCUT2D eigenvalue weighted by molar-refractivity contribution is -0.123. The Balaban J connectivity index is 1.54. The molecule has 0 bridgehead atoms. The molecule has 156 valence electrons. The Labute approximate surface area is 180 Å². The van der Waals surface area contributed by atoms with Crippen LogP contribution < -0.4 is 20.9 Å². The van der Waals surface area contributed by atoms with Crippen molar-refractivity contribution in [3.05, 3.63) is 82.9 Å². The van der Waals surface area contributed by atoms with Gasteiger partial charge in [-0.3, -0.25) is 4.79 Å². The molecule has 7 nitrogen and oxygen atoms in total. The van der Waals surface area contributed by atoms with Gasteiger partial charge in [-0.15, -0.1) is 0 Å². The maximum absolute atomic E-state index is 13.2. The van der Waals surface area contributed by atoms with E-state index in [1.165, 1.54) is 0 Å². The second kappa shape index (κ2) is 8.87. The van der Waals surface area contributed by atoms with Gasteiger partial charge in [0.25, 0.3) is 0 Å². The first kappa shape index (κ1) is 20.4. The van der Waals surface area contributed by atoms with Crippen LogP contribution in [0.15, 0.2) is 60.9 Å². The molecule has 1 aliphatic rings. The molecule has 3 N–H and O–H groups in total. The highest BCUT2D eigenvalue weighted by molar-refractivity contribution is 6.30. The Morgan fingerprint density at radius 3 is 2.70 bits per heavy atom. The number of amides is 1. The highest BCUT2D eigenvalue weighted by Gasteiger charge is 2.33. The van der Waals surface area contributed by atoms with Gasteiger partial charge in [-0.05, 0) is 30.2 Å². The Morgan fingerprint density at radius 2 is 2.00 bits per heavy atom. The number of hydrogen-bond donors (Lipinski definition) is 3. The second-order valence-corrected chi connectivity index (χ2v) is 7.70. The fourth-order valence-electron chi connectivity index (χ4n) is 3.73. The maximum Gasteiger partial charge on any atom is 0.239 e. The first-order chi connectivity index (χ1) is 14.6. The van der Waals surface area contributed by atoms with Gasteiger partial charge in [-0.1, -0.05) is 41.9 Å². The molecule has 1 fully saturated rings. The van der Waals surface area contributed by atoms with Gasteiger partial charge in [0.1, 0.15) is 23.7 Å². The molecule has 0 radical (unpaired) electrons. The largest absolute Gasteiger partial charge is 0.496 e. The first-order valence-electron chi connectivity index (χ1n) is 9.74. The van der Waals surface area contributed by atoms with Crippen molar-refractivity contribution in [2.75, 3.05) is 7.11 Å². The monoisotopic (exact) mass is 425 g/mol. The average Bonchev–Trinajstić information content (AvgIpc) is 3.42. The van der Waals surface area contributed by atoms with E-state index < -0.39 is 6.04 Å². The summed E-state index contributed by atoms with van der Waals surface area (Å²) in [6, 6.07) is 14.5. The Kier molecular flexibility index (Phi) is 6.03. The molecule has 3 aromatic rings. The number of halogens is 1. The number of nitrogens with one attached hydrogen (secondary N) is 3. The number of hydrogen-bond acceptors (Lipinski definition) is 5. The van der Waals surface area contributed by atoms with Crippen LogP contribution in [0.1, 0.15) is 35.5 Å². The van der Waals surface area contributed by atoms with Gasteiger partial charge in [-0.25, -0.2) is 15.8 Å². The molecule has 0 aliphatic carbocycles. The summed E-state index contributed by atoms with van der Waals surface area (Å²) in [6.45, 7) is 0. The molecule has 1 saturated heterocycles. The SMILES string of the molecule is COc1ccccc1C(NC(=O)C1CC(c2ccc(Cl)cc2)NN1)c1nccn1C. The molecule has 2 heterocycles. The number of hydrazine groups is 1. The van der Waals surface area contributed by atoms with E-state index in [9.17, 15) is 4.79 Å². The lowest BCUT2D eigenvalue weighted by Crippen LogP contribution is -2.45. The highest BCUT2D eigenvalue weighted by Crippen LogP contribution is 2.30. The van der Waals surface area contributed by atoms with Crippen LogP contribution in [0.4, 0.5) is 0 Å². The number of aryl methyl sites for hydroxylation is 1. The number of para-hydroxylation sites is 1. The number of carbonyl (C=O) groups is 1. The molecule has 3 atom stereocenters. The third-order valence-corrected chi connectivity index (χ3v) is 5.60. The molecule has 1 aromatic heterocycles. The summed E-state index contributed by atoms with van der Waals surface area (Å²) in [7, 11) is 3.53. The molecular formula is C22H24ClN5O2. The predicted octanol–water partition coefficient (Wildman–Crippen LogP) is 2.90. The van der Waals surface area contributed by atoms with E-state index in [2.05, 4.69) is 21.2 Å². The van der Waals surface area contributed by atoms with Gasteiger partial charge in [0.05, 0.1) is 7.11 Å². The van der Waals surface area contributed by atoms with Gasteiger partial charge in [0.15, 0.2) is 0 Å². The average molecular weight is 426 g/mol. The molecule has 30 heavy (non-hydrogen) atoms. The lowest BCUT2D eigenvalue weighted by atomic mass is 10.0. The molecule has 2 aromatic carbocycles. The first-order valence-corrected chi connectivity index (χ1v) is 10.1. The summed E-state index contributed by atoms with van der Waals surface area (Å²) < 4.78 is 7.43. The third-order valence-electron chi connectivity index (χ3n) is 5.35. The number of benzene rings is 2. The van der Waals surface area contributed by atoms with Gasteiger partial charge in [0.2, 0.25) is 5.91 Å². The summed E-state index contributed by atoms with van der Waals surface area (Å²) in [5, 5.41) is 3.84. The maximum atomic E-state index is 13.2. The molecule has 0 saturated carbocycles. The number of ether oxygens (including phenoxy) is 1. The fraction of sp³-hybridized carbons (Fsp3) is 0.273. The van der Waals surface area contributed by atoms with Crippen LogP contribution in [-0.2, 0) is 11.8 Å². The molecule has 0 spiro atoms. The summed E-state index contributed by atoms with van der Waals surface area (Å²) >= 11 is 5.98. The van der Waals surface area contributed by atoms with Crippen LogP contribution >= 0.6 is 11.6 Å². The van der Waals surface area contributed by atoms with Crippen molar-refractivity contribution in [2.24, 2.45) is 7.05 Å². The molecule has 8 heteroatoms. The van der Waals surface area contributed by atoms with Gasteiger partial charge in [-0.2, -0.15) is 0 Å². The molecular weight excluding hydrogens is 402 g/mol. The second-order valence-electron chi connectivity index (χ2n) is 7.26. The van der Waals surface area contributed by atoms with E-state index in [0.717, 1.165) is 17.0 Å². The highest BCUT2D eigenvalue weighted by atomic mass is 35.5. The van der Waals surface area contributed by atoms with Crippen molar-refractivity contribution in [1.82, 2.24) is 25.7 Å². The van der Waals surface area contributed by atoms with E-state index in [4.69, 9.17) is 16.3 Å². The molecule has 1 aliphatic heterocycles. The van der Waals surface area contributed by atoms with Crippen molar-refractivity contribution in [3.8, 4) is 5.75 Å². The van der Waals surface area contributed by atoms with Crippen molar-refractivity contribution >= 4 is 17.5 Å². The standard InChI is InChI=1S/C22H24ClN5O2/c1-28-12-11-24-21(28)20(16-5-3-4-6-19(16)30-2)25-22(29)18-13-17(26-27-18)14-7-9-15(23)10-8-14/h3-12,17-18,20,26-27H,13H2,1-2H3,(H,25,29). The summed E-state index contributed by atoms with van der Waals surface area (Å²) in [5.41, 5.74) is 8.24. The smallest absolute Gasteiger partial charge is 0.239 e. The summed E-state index contributed by atoms with van der Waals surface area (Å²) in [5.74, 6) is 1.31. The molecule has 3 unspecified atom stereocenters. The van der Waals surface area contributed by atoms with Crippen molar-refractivity contribution in [1.29, 1.82) is 0 Å². The number of methoxy groups -OCH3 is 1. The van der Waals surface area contributed by atoms with Crippen molar-refractivity contribution < 1.29 is 9.53 Å². The molecule has 4 rings (SSSR count). The molecule has 1 amide bonds. The van der Waals surface area contributed by atoms with Crippen LogP contribution in [-0.4, -0.2) is 28.6 Å². The normalized spacial score (nSPS) is 19.4. The Morgan fingerprint density at radius 1 is 1.23 bits per heavy atom.